The molecule has 0 saturated carbocycles. The van der Waals surface area contributed by atoms with Gasteiger partial charge in [0, 0.05) is 6.54 Å². The molecule has 6 nitrogen and oxygen atoms in total. The molecule has 1 aromatic rings. The number of nitrogens with one attached hydrogen (secondary N) is 1. The standard InChI is InChI=1S/C24H42N2O4S/c1-3-4-5-6-7-8-9-10-13-20(2)21-15-17-22(18-16-21)31(29,30)26-19-12-11-14-23(25)24(27)28/h15-18,20,23,26H,3-14,19,25H2,1-2H3,(H,27,28). The predicted molar refractivity (Wildman–Crippen MR) is 127 cm³/mol. The molecular weight excluding hydrogens is 412 g/mol. The number of hydrogen-bond donors (Lipinski definition) is 3. The summed E-state index contributed by atoms with van der Waals surface area (Å²) in [4.78, 5) is 10.9. The second kappa shape index (κ2) is 15.4. The van der Waals surface area contributed by atoms with Crippen LogP contribution < -0.4 is 10.5 Å². The van der Waals surface area contributed by atoms with Crippen molar-refractivity contribution >= 4 is 16.0 Å². The third-order valence-corrected chi connectivity index (χ3v) is 7.28. The molecule has 0 amide bonds. The lowest BCUT2D eigenvalue weighted by atomic mass is 9.95. The van der Waals surface area contributed by atoms with Crippen molar-refractivity contribution in [3.05, 3.63) is 29.8 Å². The Hall–Kier alpha value is -1.44. The van der Waals surface area contributed by atoms with Crippen LogP contribution in [-0.4, -0.2) is 32.1 Å². The first-order valence-corrected chi connectivity index (χ1v) is 13.3. The molecule has 1 aromatic carbocycles. The molecule has 0 bridgehead atoms. The number of sulfonamides is 1. The third-order valence-electron chi connectivity index (χ3n) is 5.80. The summed E-state index contributed by atoms with van der Waals surface area (Å²) in [6.45, 7) is 4.71. The fraction of sp³-hybridized carbons (Fsp3) is 0.708. The molecule has 0 fully saturated rings. The Morgan fingerprint density at radius 2 is 1.48 bits per heavy atom. The molecule has 2 unspecified atom stereocenters. The molecule has 0 aliphatic carbocycles. The van der Waals surface area contributed by atoms with Crippen LogP contribution in [0.15, 0.2) is 29.2 Å². The van der Waals surface area contributed by atoms with Crippen molar-refractivity contribution in [2.45, 2.75) is 108 Å². The average molecular weight is 455 g/mol. The van der Waals surface area contributed by atoms with Crippen molar-refractivity contribution in [2.75, 3.05) is 6.54 Å². The van der Waals surface area contributed by atoms with Gasteiger partial charge in [-0.25, -0.2) is 13.1 Å². The van der Waals surface area contributed by atoms with Crippen molar-refractivity contribution in [3.63, 3.8) is 0 Å². The lowest BCUT2D eigenvalue weighted by Crippen LogP contribution is -2.30. The number of carbonyl (C=O) groups is 1. The van der Waals surface area contributed by atoms with Crippen LogP contribution in [0.5, 0.6) is 0 Å². The predicted octanol–water partition coefficient (Wildman–Crippen LogP) is 5.18. The molecule has 0 radical (unpaired) electrons. The van der Waals surface area contributed by atoms with Crippen LogP contribution in [0, 0.1) is 0 Å². The SMILES string of the molecule is CCCCCCCCCCC(C)c1ccc(S(=O)(=O)NCCCCC(N)C(=O)O)cc1. The first-order valence-electron chi connectivity index (χ1n) is 11.9. The Bertz CT molecular complexity index is 720. The summed E-state index contributed by atoms with van der Waals surface area (Å²) in [6.07, 6.45) is 13.0. The summed E-state index contributed by atoms with van der Waals surface area (Å²) >= 11 is 0. The molecule has 0 aliphatic rings. The number of nitrogens with two attached hydrogens (primary N) is 1. The molecule has 31 heavy (non-hydrogen) atoms. The second-order valence-electron chi connectivity index (χ2n) is 8.57. The highest BCUT2D eigenvalue weighted by atomic mass is 32.2. The van der Waals surface area contributed by atoms with Gasteiger partial charge in [0.25, 0.3) is 0 Å². The Morgan fingerprint density at radius 3 is 2.06 bits per heavy atom. The van der Waals surface area contributed by atoms with Gasteiger partial charge in [0.05, 0.1) is 4.90 Å². The van der Waals surface area contributed by atoms with Crippen LogP contribution in [0.25, 0.3) is 0 Å². The van der Waals surface area contributed by atoms with E-state index in [4.69, 9.17) is 10.8 Å². The van der Waals surface area contributed by atoms with Crippen LogP contribution in [-0.2, 0) is 14.8 Å². The van der Waals surface area contributed by atoms with Crippen LogP contribution >= 0.6 is 0 Å². The Balaban J connectivity index is 2.32. The molecule has 4 N–H and O–H groups in total. The molecule has 1 rings (SSSR count). The number of carboxylic acid groups (broad SMARTS) is 1. The zero-order valence-electron chi connectivity index (χ0n) is 19.3. The molecule has 2 atom stereocenters. The van der Waals surface area contributed by atoms with Crippen molar-refractivity contribution < 1.29 is 18.3 Å². The van der Waals surface area contributed by atoms with Gasteiger partial charge in [0.2, 0.25) is 10.0 Å². The zero-order chi connectivity index (χ0) is 23.1. The first kappa shape index (κ1) is 27.6. The van der Waals surface area contributed by atoms with E-state index in [-0.39, 0.29) is 11.4 Å². The van der Waals surface area contributed by atoms with E-state index in [1.54, 1.807) is 12.1 Å². The lowest BCUT2D eigenvalue weighted by molar-refractivity contribution is -0.138. The summed E-state index contributed by atoms with van der Waals surface area (Å²) in [6, 6.07) is 6.27. The Labute approximate surface area is 189 Å². The Kier molecular flexibility index (Phi) is 13.7. The van der Waals surface area contributed by atoms with Crippen LogP contribution in [0.3, 0.4) is 0 Å². The van der Waals surface area contributed by atoms with E-state index >= 15 is 0 Å². The molecule has 178 valence electrons. The fourth-order valence-corrected chi connectivity index (χ4v) is 4.70. The summed E-state index contributed by atoms with van der Waals surface area (Å²) in [5, 5.41) is 8.75. The smallest absolute Gasteiger partial charge is 0.320 e. The van der Waals surface area contributed by atoms with Gasteiger partial charge in [0.1, 0.15) is 6.04 Å². The van der Waals surface area contributed by atoms with Crippen molar-refractivity contribution in [3.8, 4) is 0 Å². The molecule has 0 spiro atoms. The molecule has 0 saturated heterocycles. The van der Waals surface area contributed by atoms with Gasteiger partial charge in [-0.2, -0.15) is 0 Å². The molecular formula is C24H42N2O4S. The van der Waals surface area contributed by atoms with E-state index in [1.807, 2.05) is 12.1 Å². The minimum Gasteiger partial charge on any atom is -0.480 e. The summed E-state index contributed by atoms with van der Waals surface area (Å²) < 4.78 is 27.4. The number of benzene rings is 1. The van der Waals surface area contributed by atoms with E-state index in [0.717, 1.165) is 6.42 Å². The van der Waals surface area contributed by atoms with Gasteiger partial charge in [0.15, 0.2) is 0 Å². The number of carboxylic acids is 1. The summed E-state index contributed by atoms with van der Waals surface area (Å²) in [7, 11) is -3.55. The highest BCUT2D eigenvalue weighted by molar-refractivity contribution is 7.89. The van der Waals surface area contributed by atoms with Crippen LogP contribution in [0.2, 0.25) is 0 Å². The minimum atomic E-state index is -3.55. The first-order chi connectivity index (χ1) is 14.8. The molecule has 0 aromatic heterocycles. The maximum Gasteiger partial charge on any atom is 0.320 e. The maximum atomic E-state index is 12.4. The minimum absolute atomic E-state index is 0.262. The lowest BCUT2D eigenvalue weighted by Gasteiger charge is -2.13. The van der Waals surface area contributed by atoms with E-state index in [0.29, 0.717) is 25.2 Å². The highest BCUT2D eigenvalue weighted by Crippen LogP contribution is 2.24. The quantitative estimate of drug-likeness (QED) is 0.265. The normalized spacial score (nSPS) is 13.8. The fourth-order valence-electron chi connectivity index (χ4n) is 3.63. The van der Waals surface area contributed by atoms with Gasteiger partial charge in [-0.1, -0.05) is 83.8 Å². The average Bonchev–Trinajstić information content (AvgIpc) is 2.75. The number of hydrogen-bond acceptors (Lipinski definition) is 4. The highest BCUT2D eigenvalue weighted by Gasteiger charge is 2.15. The monoisotopic (exact) mass is 454 g/mol. The van der Waals surface area contributed by atoms with Crippen molar-refractivity contribution in [1.29, 1.82) is 0 Å². The van der Waals surface area contributed by atoms with Crippen LogP contribution in [0.4, 0.5) is 0 Å². The maximum absolute atomic E-state index is 12.4. The van der Waals surface area contributed by atoms with E-state index in [2.05, 4.69) is 18.6 Å². The largest absolute Gasteiger partial charge is 0.480 e. The number of rotatable bonds is 18. The summed E-state index contributed by atoms with van der Waals surface area (Å²) in [5.74, 6) is -0.611. The van der Waals surface area contributed by atoms with Crippen molar-refractivity contribution in [2.24, 2.45) is 5.73 Å². The van der Waals surface area contributed by atoms with E-state index in [1.165, 1.54) is 56.9 Å². The van der Waals surface area contributed by atoms with E-state index < -0.39 is 22.0 Å². The van der Waals surface area contributed by atoms with Gasteiger partial charge in [-0.15, -0.1) is 0 Å². The second-order valence-corrected chi connectivity index (χ2v) is 10.3. The molecule has 7 heteroatoms. The van der Waals surface area contributed by atoms with Gasteiger partial charge >= 0.3 is 5.97 Å². The van der Waals surface area contributed by atoms with Crippen LogP contribution in [0.1, 0.15) is 102 Å². The summed E-state index contributed by atoms with van der Waals surface area (Å²) in [5.41, 5.74) is 6.61. The number of aliphatic carboxylic acids is 1. The number of unbranched alkanes of at least 4 members (excludes halogenated alkanes) is 8. The van der Waals surface area contributed by atoms with Gasteiger partial charge in [-0.05, 0) is 42.9 Å². The van der Waals surface area contributed by atoms with Gasteiger partial charge in [-0.3, -0.25) is 4.79 Å². The van der Waals surface area contributed by atoms with E-state index in [9.17, 15) is 13.2 Å². The topological polar surface area (TPSA) is 109 Å². The molecule has 0 aliphatic heterocycles. The third kappa shape index (κ3) is 11.7. The van der Waals surface area contributed by atoms with Crippen molar-refractivity contribution in [1.82, 2.24) is 4.72 Å². The van der Waals surface area contributed by atoms with Gasteiger partial charge < -0.3 is 10.8 Å². The molecule has 0 heterocycles. The Morgan fingerprint density at radius 1 is 0.935 bits per heavy atom. The zero-order valence-corrected chi connectivity index (χ0v) is 20.1.